The average Bonchev–Trinajstić information content (AvgIpc) is 3.22. The van der Waals surface area contributed by atoms with Gasteiger partial charge in [0.05, 0.1) is 4.90 Å². The molecule has 2 aromatic carbocycles. The van der Waals surface area contributed by atoms with Crippen molar-refractivity contribution < 1.29 is 18.3 Å². The molecule has 0 radical (unpaired) electrons. The molecule has 0 amide bonds. The van der Waals surface area contributed by atoms with Gasteiger partial charge < -0.3 is 10.4 Å². The van der Waals surface area contributed by atoms with Gasteiger partial charge in [-0.05, 0) is 58.8 Å². The highest BCUT2D eigenvalue weighted by atomic mass is 35.5. The fourth-order valence-corrected chi connectivity index (χ4v) is 4.41. The number of aliphatic carboxylic acids is 1. The molecule has 3 aromatic rings. The molecule has 0 spiro atoms. The Labute approximate surface area is 182 Å². The second-order valence-corrected chi connectivity index (χ2v) is 9.00. The van der Waals surface area contributed by atoms with Crippen molar-refractivity contribution >= 4 is 39.2 Å². The molecule has 0 fully saturated rings. The van der Waals surface area contributed by atoms with Crippen molar-refractivity contribution in [1.29, 1.82) is 0 Å². The predicted molar refractivity (Wildman–Crippen MR) is 113 cm³/mol. The summed E-state index contributed by atoms with van der Waals surface area (Å²) in [5, 5.41) is 24.4. The Morgan fingerprint density at radius 1 is 1.19 bits per heavy atom. The number of nitrogens with one attached hydrogen (secondary N) is 2. The van der Waals surface area contributed by atoms with E-state index in [2.05, 4.69) is 25.6 Å². The van der Waals surface area contributed by atoms with E-state index in [1.165, 1.54) is 19.1 Å². The van der Waals surface area contributed by atoms with E-state index in [-0.39, 0.29) is 10.9 Å². The summed E-state index contributed by atoms with van der Waals surface area (Å²) in [4.78, 5) is 10.9. The number of carbonyl (C=O) groups is 1. The standard InChI is InChI=1S/C19H17ClN6O4S/c1-11(18(27)28)23-31(29,30)15-8-4-12(5-9-15)16-10-17(13-2-6-14(20)7-3-13)26-19(21-16)22-24-25-26/h2-11,17,23H,1H3,(H,27,28)(H,21,22,25)/t11-,17+/m1/s1. The van der Waals surface area contributed by atoms with Crippen LogP contribution >= 0.6 is 11.6 Å². The van der Waals surface area contributed by atoms with Gasteiger partial charge in [-0.3, -0.25) is 4.79 Å². The molecule has 0 aliphatic carbocycles. The van der Waals surface area contributed by atoms with Gasteiger partial charge in [0.25, 0.3) is 0 Å². The molecule has 31 heavy (non-hydrogen) atoms. The number of aromatic nitrogens is 4. The quantitative estimate of drug-likeness (QED) is 0.508. The number of hydrogen-bond donors (Lipinski definition) is 3. The maximum Gasteiger partial charge on any atom is 0.321 e. The molecule has 10 nitrogen and oxygen atoms in total. The minimum absolute atomic E-state index is 0.0418. The molecule has 0 bridgehead atoms. The number of anilines is 1. The van der Waals surface area contributed by atoms with Crippen LogP contribution in [0.25, 0.3) is 5.70 Å². The zero-order valence-corrected chi connectivity index (χ0v) is 17.7. The number of allylic oxidation sites excluding steroid dienone is 1. The van der Waals surface area contributed by atoms with Crippen LogP contribution in [0.5, 0.6) is 0 Å². The Kier molecular flexibility index (Phi) is 5.48. The number of nitrogens with zero attached hydrogens (tertiary/aromatic N) is 4. The molecule has 1 aromatic heterocycles. The fraction of sp³-hybridized carbons (Fsp3) is 0.158. The molecule has 0 saturated carbocycles. The van der Waals surface area contributed by atoms with Crippen molar-refractivity contribution in [2.24, 2.45) is 0 Å². The van der Waals surface area contributed by atoms with Crippen LogP contribution < -0.4 is 10.0 Å². The third-order valence-corrected chi connectivity index (χ3v) is 6.53. The number of rotatable bonds is 6. The van der Waals surface area contributed by atoms with Gasteiger partial charge in [-0.2, -0.15) is 9.40 Å². The third kappa shape index (κ3) is 4.29. The zero-order chi connectivity index (χ0) is 22.2. The summed E-state index contributed by atoms with van der Waals surface area (Å²) in [6, 6.07) is 11.8. The number of fused-ring (bicyclic) bond motifs is 1. The van der Waals surface area contributed by atoms with Gasteiger partial charge in [0.1, 0.15) is 12.1 Å². The number of benzene rings is 2. The Hall–Kier alpha value is -3.28. The Morgan fingerprint density at radius 2 is 1.87 bits per heavy atom. The van der Waals surface area contributed by atoms with E-state index in [9.17, 15) is 13.2 Å². The molecule has 160 valence electrons. The molecule has 1 aliphatic rings. The van der Waals surface area contributed by atoms with Gasteiger partial charge >= 0.3 is 5.97 Å². The van der Waals surface area contributed by atoms with Crippen molar-refractivity contribution in [3.05, 3.63) is 70.8 Å². The van der Waals surface area contributed by atoms with Crippen LogP contribution in [0.1, 0.15) is 24.1 Å². The molecule has 0 unspecified atom stereocenters. The Morgan fingerprint density at radius 3 is 2.52 bits per heavy atom. The van der Waals surface area contributed by atoms with E-state index in [1.807, 2.05) is 18.2 Å². The lowest BCUT2D eigenvalue weighted by Crippen LogP contribution is -2.38. The second kappa shape index (κ2) is 8.10. The summed E-state index contributed by atoms with van der Waals surface area (Å²) in [6.45, 7) is 1.26. The number of sulfonamides is 1. The molecule has 12 heteroatoms. The smallest absolute Gasteiger partial charge is 0.321 e. The van der Waals surface area contributed by atoms with Gasteiger partial charge in [0.2, 0.25) is 16.0 Å². The van der Waals surface area contributed by atoms with E-state index in [0.717, 1.165) is 5.56 Å². The van der Waals surface area contributed by atoms with Crippen LogP contribution in [-0.2, 0) is 14.8 Å². The van der Waals surface area contributed by atoms with Crippen LogP contribution in [0.15, 0.2) is 59.5 Å². The van der Waals surface area contributed by atoms with E-state index in [4.69, 9.17) is 16.7 Å². The van der Waals surface area contributed by atoms with Gasteiger partial charge in [-0.1, -0.05) is 41.0 Å². The lowest BCUT2D eigenvalue weighted by molar-refractivity contribution is -0.138. The minimum atomic E-state index is -3.97. The first-order chi connectivity index (χ1) is 14.7. The largest absolute Gasteiger partial charge is 0.480 e. The summed E-state index contributed by atoms with van der Waals surface area (Å²) < 4.78 is 28.5. The summed E-state index contributed by atoms with van der Waals surface area (Å²) in [5.74, 6) is -0.825. The molecule has 4 rings (SSSR count). The maximum atomic E-state index is 12.4. The Balaban J connectivity index is 1.65. The van der Waals surface area contributed by atoms with Crippen LogP contribution in [0, 0.1) is 0 Å². The SMILES string of the molecule is C[C@@H](NS(=O)(=O)c1ccc(C2=C[C@@H](c3ccc(Cl)cc3)n3nnnc3N2)cc1)C(=O)O. The number of tetrazole rings is 1. The summed E-state index contributed by atoms with van der Waals surface area (Å²) in [6.07, 6.45) is 1.92. The topological polar surface area (TPSA) is 139 Å². The van der Waals surface area contributed by atoms with Gasteiger partial charge in [0, 0.05) is 10.7 Å². The van der Waals surface area contributed by atoms with Gasteiger partial charge in [-0.25, -0.2) is 8.42 Å². The number of carboxylic acids is 1. The van der Waals surface area contributed by atoms with E-state index >= 15 is 0 Å². The molecule has 2 atom stereocenters. The highest BCUT2D eigenvalue weighted by Gasteiger charge is 2.25. The average molecular weight is 461 g/mol. The highest BCUT2D eigenvalue weighted by Crippen LogP contribution is 2.32. The van der Waals surface area contributed by atoms with Gasteiger partial charge in [0.15, 0.2) is 0 Å². The van der Waals surface area contributed by atoms with Crippen molar-refractivity contribution in [2.45, 2.75) is 23.9 Å². The van der Waals surface area contributed by atoms with Gasteiger partial charge in [-0.15, -0.1) is 0 Å². The monoisotopic (exact) mass is 460 g/mol. The predicted octanol–water partition coefficient (Wildman–Crippen LogP) is 2.13. The first-order valence-corrected chi connectivity index (χ1v) is 11.0. The van der Waals surface area contributed by atoms with Crippen LogP contribution in [-0.4, -0.2) is 45.7 Å². The first-order valence-electron chi connectivity index (χ1n) is 9.12. The second-order valence-electron chi connectivity index (χ2n) is 6.85. The van der Waals surface area contributed by atoms with Crippen LogP contribution in [0.3, 0.4) is 0 Å². The van der Waals surface area contributed by atoms with Crippen molar-refractivity contribution in [3.8, 4) is 0 Å². The van der Waals surface area contributed by atoms with Crippen molar-refractivity contribution in [2.75, 3.05) is 5.32 Å². The molecule has 2 heterocycles. The van der Waals surface area contributed by atoms with Crippen molar-refractivity contribution in [1.82, 2.24) is 24.9 Å². The van der Waals surface area contributed by atoms with E-state index in [1.54, 1.807) is 28.9 Å². The molecule has 0 saturated heterocycles. The maximum absolute atomic E-state index is 12.4. The lowest BCUT2D eigenvalue weighted by Gasteiger charge is -2.23. The van der Waals surface area contributed by atoms with Crippen LogP contribution in [0.2, 0.25) is 5.02 Å². The third-order valence-electron chi connectivity index (χ3n) is 4.72. The van der Waals surface area contributed by atoms with Crippen molar-refractivity contribution in [3.63, 3.8) is 0 Å². The number of halogens is 1. The molecular formula is C19H17ClN6O4S. The fourth-order valence-electron chi connectivity index (χ4n) is 3.08. The normalized spacial score (nSPS) is 16.7. The molecule has 3 N–H and O–H groups in total. The number of carboxylic acid groups (broad SMARTS) is 1. The molecular weight excluding hydrogens is 444 g/mol. The molecule has 1 aliphatic heterocycles. The minimum Gasteiger partial charge on any atom is -0.480 e. The summed E-state index contributed by atoms with van der Waals surface area (Å²) in [7, 11) is -3.97. The van der Waals surface area contributed by atoms with Crippen LogP contribution in [0.4, 0.5) is 5.95 Å². The highest BCUT2D eigenvalue weighted by molar-refractivity contribution is 7.89. The van der Waals surface area contributed by atoms with E-state index in [0.29, 0.717) is 22.2 Å². The summed E-state index contributed by atoms with van der Waals surface area (Å²) >= 11 is 5.99. The number of hydrogen-bond acceptors (Lipinski definition) is 7. The lowest BCUT2D eigenvalue weighted by atomic mass is 10.0. The summed E-state index contributed by atoms with van der Waals surface area (Å²) in [5.41, 5.74) is 2.32. The Bertz CT molecular complexity index is 1260. The first kappa shape index (κ1) is 21.0. The van der Waals surface area contributed by atoms with E-state index < -0.39 is 22.0 Å². The zero-order valence-electron chi connectivity index (χ0n) is 16.1.